The number of nitrogens with one attached hydrogen (secondary N) is 2. The van der Waals surface area contributed by atoms with Gasteiger partial charge in [0.1, 0.15) is 10.6 Å². The molecule has 164 valence electrons. The molecule has 0 bridgehead atoms. The summed E-state index contributed by atoms with van der Waals surface area (Å²) < 4.78 is 57.3. The lowest BCUT2D eigenvalue weighted by atomic mass is 9.98. The highest BCUT2D eigenvalue weighted by molar-refractivity contribution is 7.89. The SMILES string of the molecule is COc1ccc(C(=O)NCC2CCN(S(C)(=O)=O)CC2)cc1S(=O)(=O)NC(C)C. The van der Waals surface area contributed by atoms with Crippen LogP contribution in [0.25, 0.3) is 0 Å². The summed E-state index contributed by atoms with van der Waals surface area (Å²) in [6.45, 7) is 4.68. The fourth-order valence-electron chi connectivity index (χ4n) is 3.19. The molecule has 0 saturated carbocycles. The molecule has 11 heteroatoms. The average molecular weight is 448 g/mol. The second kappa shape index (κ2) is 9.41. The van der Waals surface area contributed by atoms with Gasteiger partial charge in [0.2, 0.25) is 20.0 Å². The monoisotopic (exact) mass is 447 g/mol. The van der Waals surface area contributed by atoms with Crippen LogP contribution in [0.3, 0.4) is 0 Å². The van der Waals surface area contributed by atoms with Gasteiger partial charge in [-0.15, -0.1) is 0 Å². The molecule has 0 spiro atoms. The third kappa shape index (κ3) is 6.39. The van der Waals surface area contributed by atoms with Gasteiger partial charge in [0.15, 0.2) is 0 Å². The largest absolute Gasteiger partial charge is 0.495 e. The van der Waals surface area contributed by atoms with Crippen molar-refractivity contribution in [1.82, 2.24) is 14.3 Å². The van der Waals surface area contributed by atoms with Crippen molar-refractivity contribution in [2.45, 2.75) is 37.6 Å². The van der Waals surface area contributed by atoms with Gasteiger partial charge in [-0.2, -0.15) is 0 Å². The molecule has 29 heavy (non-hydrogen) atoms. The third-order valence-corrected chi connectivity index (χ3v) is 7.68. The Labute approximate surface area is 172 Å². The lowest BCUT2D eigenvalue weighted by molar-refractivity contribution is 0.0941. The van der Waals surface area contributed by atoms with Crippen molar-refractivity contribution in [2.75, 3.05) is 33.0 Å². The lowest BCUT2D eigenvalue weighted by Gasteiger charge is -2.30. The van der Waals surface area contributed by atoms with Crippen molar-refractivity contribution in [2.24, 2.45) is 5.92 Å². The Morgan fingerprint density at radius 1 is 1.21 bits per heavy atom. The second-order valence-corrected chi connectivity index (χ2v) is 11.1. The van der Waals surface area contributed by atoms with E-state index in [9.17, 15) is 21.6 Å². The fraction of sp³-hybridized carbons (Fsp3) is 0.611. The number of hydrogen-bond acceptors (Lipinski definition) is 6. The van der Waals surface area contributed by atoms with Gasteiger partial charge in [-0.1, -0.05) is 0 Å². The molecule has 9 nitrogen and oxygen atoms in total. The summed E-state index contributed by atoms with van der Waals surface area (Å²) in [7, 11) is -5.65. The third-order valence-electron chi connectivity index (χ3n) is 4.70. The van der Waals surface area contributed by atoms with Gasteiger partial charge in [-0.05, 0) is 50.8 Å². The first-order valence-electron chi connectivity index (χ1n) is 9.37. The molecule has 0 aromatic heterocycles. The van der Waals surface area contributed by atoms with E-state index in [4.69, 9.17) is 4.74 Å². The van der Waals surface area contributed by atoms with Gasteiger partial charge >= 0.3 is 0 Å². The molecule has 1 aromatic carbocycles. The van der Waals surface area contributed by atoms with Crippen LogP contribution in [-0.4, -0.2) is 66.1 Å². The van der Waals surface area contributed by atoms with E-state index >= 15 is 0 Å². The average Bonchev–Trinajstić information content (AvgIpc) is 2.64. The van der Waals surface area contributed by atoms with Crippen molar-refractivity contribution in [3.63, 3.8) is 0 Å². The predicted octanol–water partition coefficient (Wildman–Crippen LogP) is 0.783. The van der Waals surface area contributed by atoms with Gasteiger partial charge in [-0.3, -0.25) is 4.79 Å². The number of methoxy groups -OCH3 is 1. The second-order valence-electron chi connectivity index (χ2n) is 7.46. The van der Waals surface area contributed by atoms with E-state index in [1.807, 2.05) is 0 Å². The first kappa shape index (κ1) is 23.6. The molecular formula is C18H29N3O6S2. The Balaban J connectivity index is 2.05. The molecule has 1 aliphatic heterocycles. The number of nitrogens with zero attached hydrogens (tertiary/aromatic N) is 1. The van der Waals surface area contributed by atoms with Gasteiger partial charge in [0.25, 0.3) is 5.91 Å². The Morgan fingerprint density at radius 2 is 1.83 bits per heavy atom. The van der Waals surface area contributed by atoms with Crippen LogP contribution in [0.4, 0.5) is 0 Å². The highest BCUT2D eigenvalue weighted by Gasteiger charge is 2.26. The van der Waals surface area contributed by atoms with Crippen molar-refractivity contribution < 1.29 is 26.4 Å². The lowest BCUT2D eigenvalue weighted by Crippen LogP contribution is -2.41. The van der Waals surface area contributed by atoms with Crippen LogP contribution < -0.4 is 14.8 Å². The molecule has 1 amide bonds. The van der Waals surface area contributed by atoms with Crippen LogP contribution in [0.1, 0.15) is 37.0 Å². The minimum Gasteiger partial charge on any atom is -0.495 e. The van der Waals surface area contributed by atoms with Crippen molar-refractivity contribution in [3.05, 3.63) is 23.8 Å². The van der Waals surface area contributed by atoms with Gasteiger partial charge in [-0.25, -0.2) is 25.9 Å². The summed E-state index contributed by atoms with van der Waals surface area (Å²) in [6.07, 6.45) is 2.51. The molecule has 0 aliphatic carbocycles. The van der Waals surface area contributed by atoms with Gasteiger partial charge in [0, 0.05) is 31.2 Å². The van der Waals surface area contributed by atoms with Crippen LogP contribution in [0, 0.1) is 5.92 Å². The van der Waals surface area contributed by atoms with E-state index in [1.165, 1.54) is 35.9 Å². The number of hydrogen-bond donors (Lipinski definition) is 2. The highest BCUT2D eigenvalue weighted by atomic mass is 32.2. The standard InChI is InChI=1S/C18H29N3O6S2/c1-13(2)20-29(25,26)17-11-15(5-6-16(17)27-3)18(22)19-12-14-7-9-21(10-8-14)28(4,23)24/h5-6,11,13-14,20H,7-10,12H2,1-4H3,(H,19,22). The zero-order chi connectivity index (χ0) is 21.8. The number of sulfonamides is 2. The summed E-state index contributed by atoms with van der Waals surface area (Å²) in [5.74, 6) is -0.0666. The van der Waals surface area contributed by atoms with Gasteiger partial charge in [0.05, 0.1) is 13.4 Å². The Kier molecular flexibility index (Phi) is 7.66. The smallest absolute Gasteiger partial charge is 0.251 e. The number of amides is 1. The summed E-state index contributed by atoms with van der Waals surface area (Å²) >= 11 is 0. The predicted molar refractivity (Wildman–Crippen MR) is 110 cm³/mol. The Morgan fingerprint density at radius 3 is 2.34 bits per heavy atom. The van der Waals surface area contributed by atoms with E-state index in [0.29, 0.717) is 32.5 Å². The number of benzene rings is 1. The quantitative estimate of drug-likeness (QED) is 0.607. The molecule has 0 radical (unpaired) electrons. The molecule has 1 aromatic rings. The maximum absolute atomic E-state index is 12.5. The Hall–Kier alpha value is -1.69. The topological polar surface area (TPSA) is 122 Å². The van der Waals surface area contributed by atoms with Crippen LogP contribution in [0.2, 0.25) is 0 Å². The number of piperidine rings is 1. The van der Waals surface area contributed by atoms with Gasteiger partial charge < -0.3 is 10.1 Å². The number of carbonyl (C=O) groups excluding carboxylic acids is 1. The van der Waals surface area contributed by atoms with E-state index in [-0.39, 0.29) is 34.1 Å². The van der Waals surface area contributed by atoms with Crippen LogP contribution in [0.5, 0.6) is 5.75 Å². The molecule has 1 fully saturated rings. The first-order chi connectivity index (χ1) is 13.4. The normalized spacial score (nSPS) is 16.7. The minimum atomic E-state index is -3.83. The zero-order valence-electron chi connectivity index (χ0n) is 17.1. The molecule has 2 N–H and O–H groups in total. The number of rotatable bonds is 8. The van der Waals surface area contributed by atoms with E-state index in [2.05, 4.69) is 10.0 Å². The van der Waals surface area contributed by atoms with Crippen LogP contribution in [-0.2, 0) is 20.0 Å². The van der Waals surface area contributed by atoms with E-state index < -0.39 is 20.0 Å². The maximum atomic E-state index is 12.5. The zero-order valence-corrected chi connectivity index (χ0v) is 18.8. The maximum Gasteiger partial charge on any atom is 0.251 e. The highest BCUT2D eigenvalue weighted by Crippen LogP contribution is 2.25. The van der Waals surface area contributed by atoms with E-state index in [0.717, 1.165) is 0 Å². The molecule has 1 aliphatic rings. The summed E-state index contributed by atoms with van der Waals surface area (Å²) in [6, 6.07) is 3.95. The van der Waals surface area contributed by atoms with Crippen molar-refractivity contribution in [1.29, 1.82) is 0 Å². The van der Waals surface area contributed by atoms with Crippen LogP contribution in [0.15, 0.2) is 23.1 Å². The Bertz CT molecular complexity index is 936. The number of carbonyl (C=O) groups is 1. The van der Waals surface area contributed by atoms with Crippen LogP contribution >= 0.6 is 0 Å². The molecule has 1 saturated heterocycles. The fourth-order valence-corrected chi connectivity index (χ4v) is 5.51. The summed E-state index contributed by atoms with van der Waals surface area (Å²) in [5.41, 5.74) is 0.212. The molecule has 0 atom stereocenters. The number of ether oxygens (including phenoxy) is 1. The summed E-state index contributed by atoms with van der Waals surface area (Å²) in [5, 5.41) is 2.82. The first-order valence-corrected chi connectivity index (χ1v) is 12.7. The molecular weight excluding hydrogens is 418 g/mol. The molecule has 0 unspecified atom stereocenters. The van der Waals surface area contributed by atoms with Crippen molar-refractivity contribution in [3.8, 4) is 5.75 Å². The van der Waals surface area contributed by atoms with Crippen molar-refractivity contribution >= 4 is 26.0 Å². The van der Waals surface area contributed by atoms with E-state index in [1.54, 1.807) is 13.8 Å². The molecule has 2 rings (SSSR count). The summed E-state index contributed by atoms with van der Waals surface area (Å²) in [4.78, 5) is 12.4. The minimum absolute atomic E-state index is 0.0946. The molecule has 1 heterocycles.